The SMILES string of the molecule is Cc1ncnc(C(=O)NC2CCC(C)CC2)c1C. The second-order valence-corrected chi connectivity index (χ2v) is 5.36. The largest absolute Gasteiger partial charge is 0.348 e. The van der Waals surface area contributed by atoms with Gasteiger partial charge in [-0.15, -0.1) is 0 Å². The molecular formula is C14H21N3O. The van der Waals surface area contributed by atoms with Crippen LogP contribution < -0.4 is 5.32 Å². The Morgan fingerprint density at radius 3 is 2.56 bits per heavy atom. The number of rotatable bonds is 2. The van der Waals surface area contributed by atoms with Gasteiger partial charge in [-0.1, -0.05) is 6.92 Å². The van der Waals surface area contributed by atoms with Crippen molar-refractivity contribution in [1.29, 1.82) is 0 Å². The van der Waals surface area contributed by atoms with Crippen molar-refractivity contribution in [3.63, 3.8) is 0 Å². The Morgan fingerprint density at radius 2 is 1.89 bits per heavy atom. The average Bonchev–Trinajstić information content (AvgIpc) is 2.35. The van der Waals surface area contributed by atoms with E-state index < -0.39 is 0 Å². The van der Waals surface area contributed by atoms with E-state index in [9.17, 15) is 4.79 Å². The van der Waals surface area contributed by atoms with Crippen LogP contribution in [-0.4, -0.2) is 21.9 Å². The van der Waals surface area contributed by atoms with Crippen molar-refractivity contribution in [1.82, 2.24) is 15.3 Å². The maximum absolute atomic E-state index is 12.2. The number of carbonyl (C=O) groups excluding carboxylic acids is 1. The van der Waals surface area contributed by atoms with Crippen molar-refractivity contribution in [3.05, 3.63) is 23.3 Å². The van der Waals surface area contributed by atoms with Crippen molar-refractivity contribution < 1.29 is 4.79 Å². The molecule has 0 aliphatic heterocycles. The molecule has 18 heavy (non-hydrogen) atoms. The fraction of sp³-hybridized carbons (Fsp3) is 0.643. The van der Waals surface area contributed by atoms with E-state index in [4.69, 9.17) is 0 Å². The van der Waals surface area contributed by atoms with Crippen LogP contribution in [0, 0.1) is 19.8 Å². The van der Waals surface area contributed by atoms with Gasteiger partial charge in [0.15, 0.2) is 0 Å². The molecule has 1 heterocycles. The van der Waals surface area contributed by atoms with Gasteiger partial charge >= 0.3 is 0 Å². The molecule has 1 saturated carbocycles. The Kier molecular flexibility index (Phi) is 3.94. The summed E-state index contributed by atoms with van der Waals surface area (Å²) in [5, 5.41) is 3.09. The normalized spacial score (nSPS) is 23.7. The van der Waals surface area contributed by atoms with Gasteiger partial charge in [0.2, 0.25) is 0 Å². The first-order valence-electron chi connectivity index (χ1n) is 6.67. The first-order chi connectivity index (χ1) is 8.58. The number of nitrogens with one attached hydrogen (secondary N) is 1. The van der Waals surface area contributed by atoms with Gasteiger partial charge in [0.1, 0.15) is 12.0 Å². The number of aromatic nitrogens is 2. The highest BCUT2D eigenvalue weighted by molar-refractivity contribution is 5.93. The second-order valence-electron chi connectivity index (χ2n) is 5.36. The molecule has 1 amide bonds. The van der Waals surface area contributed by atoms with Gasteiger partial charge in [0.05, 0.1) is 0 Å². The van der Waals surface area contributed by atoms with Gasteiger partial charge in [0, 0.05) is 17.3 Å². The van der Waals surface area contributed by atoms with Crippen LogP contribution in [0.25, 0.3) is 0 Å². The van der Waals surface area contributed by atoms with E-state index in [2.05, 4.69) is 22.2 Å². The average molecular weight is 247 g/mol. The van der Waals surface area contributed by atoms with Gasteiger partial charge < -0.3 is 5.32 Å². The van der Waals surface area contributed by atoms with Crippen molar-refractivity contribution in [2.75, 3.05) is 0 Å². The molecule has 4 heteroatoms. The Labute approximate surface area is 108 Å². The minimum atomic E-state index is -0.0578. The molecule has 1 aromatic heterocycles. The lowest BCUT2D eigenvalue weighted by Crippen LogP contribution is -2.38. The first-order valence-corrected chi connectivity index (χ1v) is 6.67. The minimum absolute atomic E-state index is 0.0578. The molecule has 0 atom stereocenters. The number of nitrogens with zero attached hydrogens (tertiary/aromatic N) is 2. The molecule has 1 fully saturated rings. The first kappa shape index (κ1) is 13.0. The Balaban J connectivity index is 2.01. The molecule has 1 N–H and O–H groups in total. The van der Waals surface area contributed by atoms with Gasteiger partial charge in [0.25, 0.3) is 5.91 Å². The third-order valence-corrected chi connectivity index (χ3v) is 3.90. The van der Waals surface area contributed by atoms with E-state index in [1.807, 2.05) is 13.8 Å². The summed E-state index contributed by atoms with van der Waals surface area (Å²) < 4.78 is 0. The standard InChI is InChI=1S/C14H21N3O/c1-9-4-6-12(7-5-9)17-14(18)13-10(2)11(3)15-8-16-13/h8-9,12H,4-7H2,1-3H3,(H,17,18). The summed E-state index contributed by atoms with van der Waals surface area (Å²) in [5.41, 5.74) is 2.26. The quantitative estimate of drug-likeness (QED) is 0.873. The highest BCUT2D eigenvalue weighted by atomic mass is 16.1. The molecule has 0 spiro atoms. The topological polar surface area (TPSA) is 54.9 Å². The van der Waals surface area contributed by atoms with Crippen molar-refractivity contribution in [2.24, 2.45) is 5.92 Å². The van der Waals surface area contributed by atoms with Crippen LogP contribution >= 0.6 is 0 Å². The zero-order chi connectivity index (χ0) is 13.1. The Bertz CT molecular complexity index is 437. The molecule has 4 nitrogen and oxygen atoms in total. The third kappa shape index (κ3) is 2.86. The number of hydrogen-bond acceptors (Lipinski definition) is 3. The molecule has 0 radical (unpaired) electrons. The van der Waals surface area contributed by atoms with Crippen LogP contribution in [0.5, 0.6) is 0 Å². The molecular weight excluding hydrogens is 226 g/mol. The van der Waals surface area contributed by atoms with E-state index in [-0.39, 0.29) is 5.91 Å². The molecule has 1 aliphatic carbocycles. The molecule has 0 unspecified atom stereocenters. The summed E-state index contributed by atoms with van der Waals surface area (Å²) in [6.45, 7) is 6.07. The van der Waals surface area contributed by atoms with Crippen LogP contribution in [0.3, 0.4) is 0 Å². The summed E-state index contributed by atoms with van der Waals surface area (Å²) in [6, 6.07) is 0.309. The number of carbonyl (C=O) groups is 1. The van der Waals surface area contributed by atoms with Crippen molar-refractivity contribution in [3.8, 4) is 0 Å². The highest BCUT2D eigenvalue weighted by Gasteiger charge is 2.21. The van der Waals surface area contributed by atoms with E-state index in [1.54, 1.807) is 0 Å². The number of hydrogen-bond donors (Lipinski definition) is 1. The lowest BCUT2D eigenvalue weighted by Gasteiger charge is -2.26. The molecule has 1 aromatic rings. The predicted octanol–water partition coefficient (Wildman–Crippen LogP) is 2.40. The summed E-state index contributed by atoms with van der Waals surface area (Å²) in [4.78, 5) is 20.3. The fourth-order valence-corrected chi connectivity index (χ4v) is 2.43. The summed E-state index contributed by atoms with van der Waals surface area (Å²) in [7, 11) is 0. The maximum Gasteiger partial charge on any atom is 0.270 e. The van der Waals surface area contributed by atoms with Gasteiger partial charge in [-0.3, -0.25) is 4.79 Å². The summed E-state index contributed by atoms with van der Waals surface area (Å²) in [5.74, 6) is 0.735. The Morgan fingerprint density at radius 1 is 1.22 bits per heavy atom. The third-order valence-electron chi connectivity index (χ3n) is 3.90. The summed E-state index contributed by atoms with van der Waals surface area (Å²) >= 11 is 0. The van der Waals surface area contributed by atoms with Crippen molar-refractivity contribution in [2.45, 2.75) is 52.5 Å². The fourth-order valence-electron chi connectivity index (χ4n) is 2.43. The van der Waals surface area contributed by atoms with Crippen LogP contribution in [0.15, 0.2) is 6.33 Å². The van der Waals surface area contributed by atoms with Crippen LogP contribution in [0.1, 0.15) is 54.4 Å². The molecule has 0 saturated heterocycles. The minimum Gasteiger partial charge on any atom is -0.348 e. The zero-order valence-corrected chi connectivity index (χ0v) is 11.4. The van der Waals surface area contributed by atoms with Crippen LogP contribution in [0.2, 0.25) is 0 Å². The molecule has 2 rings (SSSR count). The van der Waals surface area contributed by atoms with E-state index in [0.29, 0.717) is 11.7 Å². The van der Waals surface area contributed by atoms with Gasteiger partial charge in [-0.2, -0.15) is 0 Å². The Hall–Kier alpha value is -1.45. The predicted molar refractivity (Wildman–Crippen MR) is 70.4 cm³/mol. The van der Waals surface area contributed by atoms with E-state index >= 15 is 0 Å². The lowest BCUT2D eigenvalue weighted by atomic mass is 9.87. The zero-order valence-electron chi connectivity index (χ0n) is 11.4. The number of aryl methyl sites for hydroxylation is 1. The smallest absolute Gasteiger partial charge is 0.270 e. The van der Waals surface area contributed by atoms with E-state index in [0.717, 1.165) is 30.0 Å². The maximum atomic E-state index is 12.2. The van der Waals surface area contributed by atoms with Crippen molar-refractivity contribution >= 4 is 5.91 Å². The lowest BCUT2D eigenvalue weighted by molar-refractivity contribution is 0.0917. The van der Waals surface area contributed by atoms with Crippen LogP contribution in [0.4, 0.5) is 0 Å². The molecule has 98 valence electrons. The monoisotopic (exact) mass is 247 g/mol. The van der Waals surface area contributed by atoms with Gasteiger partial charge in [-0.05, 0) is 45.4 Å². The van der Waals surface area contributed by atoms with E-state index in [1.165, 1.54) is 19.2 Å². The number of amides is 1. The molecule has 0 aromatic carbocycles. The second kappa shape index (κ2) is 5.46. The van der Waals surface area contributed by atoms with Crippen LogP contribution in [-0.2, 0) is 0 Å². The van der Waals surface area contributed by atoms with Gasteiger partial charge in [-0.25, -0.2) is 9.97 Å². The highest BCUT2D eigenvalue weighted by Crippen LogP contribution is 2.23. The molecule has 0 bridgehead atoms. The summed E-state index contributed by atoms with van der Waals surface area (Å²) in [6.07, 6.45) is 6.02. The molecule has 1 aliphatic rings.